The van der Waals surface area contributed by atoms with Gasteiger partial charge in [-0.2, -0.15) is 0 Å². The number of aromatic nitrogens is 2. The Morgan fingerprint density at radius 2 is 2.09 bits per heavy atom. The molecule has 1 aromatic heterocycles. The fraction of sp³-hybridized carbons (Fsp3) is 0.391. The maximum atomic E-state index is 14.4. The third-order valence-electron chi connectivity index (χ3n) is 5.95. The summed E-state index contributed by atoms with van der Waals surface area (Å²) in [5, 5.41) is 2.83. The predicted molar refractivity (Wildman–Crippen MR) is 122 cm³/mol. The highest BCUT2D eigenvalue weighted by molar-refractivity contribution is 6.31. The number of nitrogens with one attached hydrogen (secondary N) is 1. The molecular formula is C23H23ClF2N4O4. The second kappa shape index (κ2) is 9.83. The Bertz CT molecular complexity index is 1200. The molecule has 0 spiro atoms. The summed E-state index contributed by atoms with van der Waals surface area (Å²) in [6.07, 6.45) is 1.26. The summed E-state index contributed by atoms with van der Waals surface area (Å²) < 4.78 is 50.9. The highest BCUT2D eigenvalue weighted by atomic mass is 35.5. The van der Waals surface area contributed by atoms with Crippen molar-refractivity contribution in [1.29, 1.82) is 0 Å². The first-order valence-electron chi connectivity index (χ1n) is 10.8. The maximum Gasteiger partial charge on any atom is 0.168 e. The van der Waals surface area contributed by atoms with Gasteiger partial charge in [0.25, 0.3) is 0 Å². The van der Waals surface area contributed by atoms with Crippen LogP contribution in [0.25, 0.3) is 10.9 Å². The topological polar surface area (TPSA) is 78.0 Å². The summed E-state index contributed by atoms with van der Waals surface area (Å²) in [5.41, 5.74) is 0.543. The van der Waals surface area contributed by atoms with Crippen LogP contribution in [-0.4, -0.2) is 73.6 Å². The summed E-state index contributed by atoms with van der Waals surface area (Å²) >= 11 is 5.69. The van der Waals surface area contributed by atoms with E-state index in [1.165, 1.54) is 19.5 Å². The molecule has 180 valence electrons. The van der Waals surface area contributed by atoms with E-state index in [-0.39, 0.29) is 11.8 Å². The van der Waals surface area contributed by atoms with Gasteiger partial charge in [0, 0.05) is 24.5 Å². The van der Waals surface area contributed by atoms with Crippen LogP contribution < -0.4 is 14.8 Å². The summed E-state index contributed by atoms with van der Waals surface area (Å²) in [7, 11) is 1.53. The van der Waals surface area contributed by atoms with Gasteiger partial charge in [-0.1, -0.05) is 11.6 Å². The Morgan fingerprint density at radius 1 is 1.21 bits per heavy atom. The minimum atomic E-state index is -0.907. The maximum absolute atomic E-state index is 14.4. The molecule has 2 aliphatic heterocycles. The number of hydrogen-bond donors (Lipinski definition) is 1. The third kappa shape index (κ3) is 4.58. The van der Waals surface area contributed by atoms with Crippen molar-refractivity contribution in [2.45, 2.75) is 12.1 Å². The van der Waals surface area contributed by atoms with Crippen molar-refractivity contribution in [2.24, 2.45) is 0 Å². The van der Waals surface area contributed by atoms with Gasteiger partial charge in [0.1, 0.15) is 35.7 Å². The Hall–Kier alpha value is -2.79. The molecule has 5 rings (SSSR count). The van der Waals surface area contributed by atoms with Crippen LogP contribution in [0.3, 0.4) is 0 Å². The van der Waals surface area contributed by atoms with Gasteiger partial charge in [0.05, 0.1) is 44.2 Å². The van der Waals surface area contributed by atoms with Crippen LogP contribution in [-0.2, 0) is 9.47 Å². The monoisotopic (exact) mass is 492 g/mol. The Kier molecular flexibility index (Phi) is 6.64. The molecule has 0 aliphatic carbocycles. The molecular weight excluding hydrogens is 470 g/mol. The fourth-order valence-electron chi connectivity index (χ4n) is 4.11. The Labute approximate surface area is 199 Å². The molecule has 11 heteroatoms. The van der Waals surface area contributed by atoms with Crippen molar-refractivity contribution in [3.63, 3.8) is 0 Å². The number of hydrogen-bond acceptors (Lipinski definition) is 8. The molecule has 2 aliphatic rings. The van der Waals surface area contributed by atoms with Gasteiger partial charge >= 0.3 is 0 Å². The van der Waals surface area contributed by atoms with E-state index in [9.17, 15) is 8.78 Å². The van der Waals surface area contributed by atoms with Crippen molar-refractivity contribution >= 4 is 34.0 Å². The van der Waals surface area contributed by atoms with E-state index in [1.54, 1.807) is 12.1 Å². The summed E-state index contributed by atoms with van der Waals surface area (Å²) in [6.45, 7) is 4.03. The van der Waals surface area contributed by atoms with Crippen LogP contribution in [0.4, 0.5) is 20.3 Å². The molecule has 3 aromatic rings. The van der Waals surface area contributed by atoms with Gasteiger partial charge in [-0.15, -0.1) is 0 Å². The molecule has 1 N–H and O–H groups in total. The highest BCUT2D eigenvalue weighted by Crippen LogP contribution is 2.36. The van der Waals surface area contributed by atoms with E-state index in [2.05, 4.69) is 20.2 Å². The van der Waals surface area contributed by atoms with Crippen molar-refractivity contribution in [3.05, 3.63) is 47.2 Å². The molecule has 8 nitrogen and oxygen atoms in total. The molecule has 2 unspecified atom stereocenters. The van der Waals surface area contributed by atoms with Gasteiger partial charge in [0.2, 0.25) is 0 Å². The third-order valence-corrected chi connectivity index (χ3v) is 6.29. The number of ether oxygens (including phenoxy) is 4. The predicted octanol–water partition coefficient (Wildman–Crippen LogP) is 3.79. The number of nitrogens with zero attached hydrogens (tertiary/aromatic N) is 3. The second-order valence-electron chi connectivity index (χ2n) is 8.08. The average Bonchev–Trinajstić information content (AvgIpc) is 2.87. The van der Waals surface area contributed by atoms with Gasteiger partial charge < -0.3 is 24.3 Å². The van der Waals surface area contributed by atoms with Crippen LogP contribution >= 0.6 is 11.6 Å². The van der Waals surface area contributed by atoms with Gasteiger partial charge in [0.15, 0.2) is 17.3 Å². The van der Waals surface area contributed by atoms with Gasteiger partial charge in [-0.05, 0) is 18.2 Å². The lowest BCUT2D eigenvalue weighted by Crippen LogP contribution is -2.56. The lowest BCUT2D eigenvalue weighted by molar-refractivity contribution is -0.124. The van der Waals surface area contributed by atoms with E-state index in [4.69, 9.17) is 30.5 Å². The largest absolute Gasteiger partial charge is 0.493 e. The molecule has 0 amide bonds. The van der Waals surface area contributed by atoms with Crippen molar-refractivity contribution in [1.82, 2.24) is 14.9 Å². The Balaban J connectivity index is 1.36. The van der Waals surface area contributed by atoms with Crippen molar-refractivity contribution < 1.29 is 27.7 Å². The second-order valence-corrected chi connectivity index (χ2v) is 8.46. The number of halogens is 3. The number of anilines is 2. The molecule has 2 atom stereocenters. The zero-order chi connectivity index (χ0) is 23.7. The summed E-state index contributed by atoms with van der Waals surface area (Å²) in [5.74, 6) is -0.473. The first-order valence-corrected chi connectivity index (χ1v) is 11.2. The van der Waals surface area contributed by atoms with Crippen LogP contribution in [0, 0.1) is 11.6 Å². The average molecular weight is 493 g/mol. The first kappa shape index (κ1) is 23.0. The van der Waals surface area contributed by atoms with E-state index in [0.717, 1.165) is 25.8 Å². The molecule has 2 saturated heterocycles. The molecule has 2 fully saturated rings. The lowest BCUT2D eigenvalue weighted by atomic mass is 10.1. The quantitative estimate of drug-likeness (QED) is 0.521. The highest BCUT2D eigenvalue weighted by Gasteiger charge is 2.31. The number of methoxy groups -OCH3 is 1. The molecule has 0 bridgehead atoms. The molecule has 0 saturated carbocycles. The van der Waals surface area contributed by atoms with Crippen LogP contribution in [0.1, 0.15) is 0 Å². The summed E-state index contributed by atoms with van der Waals surface area (Å²) in [4.78, 5) is 10.9. The number of rotatable bonds is 6. The number of benzene rings is 2. The van der Waals surface area contributed by atoms with E-state index < -0.39 is 16.7 Å². The molecule has 2 aromatic carbocycles. The normalized spacial score (nSPS) is 20.7. The summed E-state index contributed by atoms with van der Waals surface area (Å²) in [6, 6.07) is 6.06. The molecule has 0 radical (unpaired) electrons. The SMILES string of the molecule is COc1cc2c(Nc3ccc(F)c(Cl)c3F)ncnc2cc1OCC1CN2CCOCC2CO1. The van der Waals surface area contributed by atoms with Crippen LogP contribution in [0.5, 0.6) is 11.5 Å². The molecule has 3 heterocycles. The first-order chi connectivity index (χ1) is 16.5. The minimum absolute atomic E-state index is 0.0124. The van der Waals surface area contributed by atoms with E-state index >= 15 is 0 Å². The van der Waals surface area contributed by atoms with Crippen molar-refractivity contribution in [2.75, 3.05) is 51.9 Å². The lowest BCUT2D eigenvalue weighted by Gasteiger charge is -2.41. The smallest absolute Gasteiger partial charge is 0.168 e. The zero-order valence-electron chi connectivity index (χ0n) is 18.4. The fourth-order valence-corrected chi connectivity index (χ4v) is 4.28. The zero-order valence-corrected chi connectivity index (χ0v) is 19.1. The standard InChI is InChI=1S/C23H23ClF2N4O4/c1-31-19-6-15-18(27-12-28-23(15)29-17-3-2-16(25)21(24)22(17)26)7-20(19)34-11-14-8-30-4-5-32-9-13(30)10-33-14/h2-3,6-7,12-14H,4-5,8-11H2,1H3,(H,27,28,29). The Morgan fingerprint density at radius 3 is 2.94 bits per heavy atom. The van der Waals surface area contributed by atoms with Crippen molar-refractivity contribution in [3.8, 4) is 11.5 Å². The van der Waals surface area contributed by atoms with Crippen LogP contribution in [0.15, 0.2) is 30.6 Å². The van der Waals surface area contributed by atoms with Gasteiger partial charge in [-0.25, -0.2) is 18.7 Å². The number of morpholine rings is 2. The van der Waals surface area contributed by atoms with Gasteiger partial charge in [-0.3, -0.25) is 4.90 Å². The van der Waals surface area contributed by atoms with E-state index in [0.29, 0.717) is 54.1 Å². The van der Waals surface area contributed by atoms with E-state index in [1.807, 2.05) is 0 Å². The minimum Gasteiger partial charge on any atom is -0.493 e. The van der Waals surface area contributed by atoms with Crippen LogP contribution in [0.2, 0.25) is 5.02 Å². The molecule has 34 heavy (non-hydrogen) atoms. The number of fused-ring (bicyclic) bond motifs is 2.